The molecule has 1 aromatic rings. The molecule has 1 atom stereocenters. The fourth-order valence-corrected chi connectivity index (χ4v) is 3.56. The average Bonchev–Trinajstić information content (AvgIpc) is 2.62. The van der Waals surface area contributed by atoms with E-state index in [1.54, 1.807) is 0 Å². The van der Waals surface area contributed by atoms with Crippen LogP contribution in [0.25, 0.3) is 0 Å². The first-order valence-electron chi connectivity index (χ1n) is 6.07. The fraction of sp³-hybridized carbons (Fsp3) is 0.750. The largest absolute Gasteiger partial charge is 0.309 e. The summed E-state index contributed by atoms with van der Waals surface area (Å²) in [4.78, 5) is 6.27. The topological polar surface area (TPSA) is 24.9 Å². The molecular formula is C12H20N2S. The zero-order chi connectivity index (χ0) is 10.7. The summed E-state index contributed by atoms with van der Waals surface area (Å²) in [5, 5.41) is 4.91. The highest BCUT2D eigenvalue weighted by molar-refractivity contribution is 7.11. The second kappa shape index (κ2) is 5.08. The minimum absolute atomic E-state index is 0.585. The zero-order valence-corrected chi connectivity index (χ0v) is 10.5. The molecule has 1 aliphatic rings. The number of fused-ring (bicyclic) bond motifs is 1. The molecule has 0 spiro atoms. The third kappa shape index (κ3) is 2.40. The predicted molar refractivity (Wildman–Crippen MR) is 65.5 cm³/mol. The van der Waals surface area contributed by atoms with Gasteiger partial charge in [-0.15, -0.1) is 11.3 Å². The van der Waals surface area contributed by atoms with E-state index in [0.717, 1.165) is 13.0 Å². The minimum Gasteiger partial charge on any atom is -0.309 e. The average molecular weight is 224 g/mol. The highest BCUT2D eigenvalue weighted by Gasteiger charge is 2.23. The second-order valence-corrected chi connectivity index (χ2v) is 5.29. The molecule has 2 rings (SSSR count). The van der Waals surface area contributed by atoms with Crippen molar-refractivity contribution in [2.24, 2.45) is 0 Å². The van der Waals surface area contributed by atoms with Gasteiger partial charge in [0, 0.05) is 10.9 Å². The van der Waals surface area contributed by atoms with Gasteiger partial charge in [0.1, 0.15) is 0 Å². The molecule has 0 saturated heterocycles. The summed E-state index contributed by atoms with van der Waals surface area (Å²) in [6, 6.07) is 0.585. The molecule has 0 radical (unpaired) electrons. The molecular weight excluding hydrogens is 204 g/mol. The van der Waals surface area contributed by atoms with Crippen molar-refractivity contribution in [3.63, 3.8) is 0 Å². The van der Waals surface area contributed by atoms with Crippen LogP contribution in [0.1, 0.15) is 54.7 Å². The van der Waals surface area contributed by atoms with Gasteiger partial charge in [-0.05, 0) is 38.6 Å². The molecule has 0 saturated carbocycles. The Balaban J connectivity index is 2.18. The number of nitrogens with zero attached hydrogens (tertiary/aromatic N) is 1. The van der Waals surface area contributed by atoms with E-state index in [9.17, 15) is 0 Å². The van der Waals surface area contributed by atoms with Crippen LogP contribution in [0, 0.1) is 0 Å². The summed E-state index contributed by atoms with van der Waals surface area (Å²) in [7, 11) is 0. The van der Waals surface area contributed by atoms with Crippen LogP contribution in [-0.2, 0) is 12.8 Å². The molecule has 0 bridgehead atoms. The summed E-state index contributed by atoms with van der Waals surface area (Å²) in [5.74, 6) is 0. The first kappa shape index (κ1) is 11.1. The van der Waals surface area contributed by atoms with Gasteiger partial charge in [0.05, 0.1) is 10.7 Å². The van der Waals surface area contributed by atoms with Crippen molar-refractivity contribution in [3.05, 3.63) is 15.6 Å². The minimum atomic E-state index is 0.585. The monoisotopic (exact) mass is 224 g/mol. The van der Waals surface area contributed by atoms with Crippen molar-refractivity contribution in [3.8, 4) is 0 Å². The van der Waals surface area contributed by atoms with Crippen molar-refractivity contribution in [2.45, 2.75) is 52.0 Å². The molecule has 84 valence electrons. The quantitative estimate of drug-likeness (QED) is 0.850. The van der Waals surface area contributed by atoms with Gasteiger partial charge in [0.2, 0.25) is 0 Å². The van der Waals surface area contributed by atoms with Crippen LogP contribution in [-0.4, -0.2) is 11.5 Å². The lowest BCUT2D eigenvalue weighted by molar-refractivity contribution is 0.476. The number of nitrogens with one attached hydrogen (secondary N) is 1. The number of aromatic nitrogens is 1. The number of aryl methyl sites for hydroxylation is 2. The van der Waals surface area contributed by atoms with Crippen molar-refractivity contribution in [1.82, 2.24) is 10.3 Å². The Labute approximate surface area is 96.1 Å². The molecule has 1 aliphatic carbocycles. The van der Waals surface area contributed by atoms with Gasteiger partial charge in [-0.1, -0.05) is 13.8 Å². The van der Waals surface area contributed by atoms with Crippen LogP contribution in [0.5, 0.6) is 0 Å². The van der Waals surface area contributed by atoms with E-state index in [1.165, 1.54) is 41.3 Å². The van der Waals surface area contributed by atoms with E-state index in [2.05, 4.69) is 19.2 Å². The van der Waals surface area contributed by atoms with Crippen LogP contribution in [0.3, 0.4) is 0 Å². The summed E-state index contributed by atoms with van der Waals surface area (Å²) in [6.45, 7) is 5.47. The van der Waals surface area contributed by atoms with E-state index in [-0.39, 0.29) is 0 Å². The normalized spacial score (nSPS) is 20.3. The lowest BCUT2D eigenvalue weighted by atomic mass is 9.98. The van der Waals surface area contributed by atoms with Crippen molar-refractivity contribution in [2.75, 3.05) is 6.54 Å². The molecule has 1 unspecified atom stereocenters. The highest BCUT2D eigenvalue weighted by atomic mass is 32.1. The Morgan fingerprint density at radius 1 is 1.47 bits per heavy atom. The van der Waals surface area contributed by atoms with Gasteiger partial charge in [-0.2, -0.15) is 0 Å². The number of thiazole rings is 1. The molecule has 0 aromatic carbocycles. The molecule has 1 heterocycles. The molecule has 1 aromatic heterocycles. The molecule has 1 N–H and O–H groups in total. The van der Waals surface area contributed by atoms with Crippen LogP contribution in [0.4, 0.5) is 0 Å². The second-order valence-electron chi connectivity index (χ2n) is 4.17. The van der Waals surface area contributed by atoms with Gasteiger partial charge >= 0.3 is 0 Å². The Kier molecular flexibility index (Phi) is 3.76. The molecule has 0 amide bonds. The molecule has 0 aliphatic heterocycles. The van der Waals surface area contributed by atoms with E-state index in [4.69, 9.17) is 4.98 Å². The van der Waals surface area contributed by atoms with Gasteiger partial charge < -0.3 is 5.32 Å². The fourth-order valence-electron chi connectivity index (χ4n) is 2.23. The molecule has 0 fully saturated rings. The first-order valence-corrected chi connectivity index (χ1v) is 6.88. The maximum Gasteiger partial charge on any atom is 0.0931 e. The Bertz CT molecular complexity index is 319. The molecule has 2 nitrogen and oxygen atoms in total. The van der Waals surface area contributed by atoms with E-state index >= 15 is 0 Å². The third-order valence-corrected chi connectivity index (χ3v) is 4.18. The summed E-state index contributed by atoms with van der Waals surface area (Å²) >= 11 is 1.93. The summed E-state index contributed by atoms with van der Waals surface area (Å²) < 4.78 is 0. The van der Waals surface area contributed by atoms with Crippen molar-refractivity contribution < 1.29 is 0 Å². The van der Waals surface area contributed by atoms with Crippen LogP contribution in [0.2, 0.25) is 0 Å². The van der Waals surface area contributed by atoms with Gasteiger partial charge in [0.15, 0.2) is 0 Å². The Hall–Kier alpha value is -0.410. The van der Waals surface area contributed by atoms with Gasteiger partial charge in [0.25, 0.3) is 0 Å². The predicted octanol–water partition coefficient (Wildman–Crippen LogP) is 3.08. The number of hydrogen-bond acceptors (Lipinski definition) is 3. The number of rotatable bonds is 4. The summed E-state index contributed by atoms with van der Waals surface area (Å²) in [6.07, 6.45) is 6.13. The number of hydrogen-bond donors (Lipinski definition) is 1. The summed E-state index contributed by atoms with van der Waals surface area (Å²) in [5.41, 5.74) is 1.38. The maximum absolute atomic E-state index is 4.75. The van der Waals surface area contributed by atoms with Crippen molar-refractivity contribution >= 4 is 11.3 Å². The Morgan fingerprint density at radius 2 is 2.33 bits per heavy atom. The van der Waals surface area contributed by atoms with Crippen molar-refractivity contribution in [1.29, 1.82) is 0 Å². The van der Waals surface area contributed by atoms with E-state index in [1.807, 2.05) is 11.3 Å². The van der Waals surface area contributed by atoms with Gasteiger partial charge in [-0.3, -0.25) is 0 Å². The van der Waals surface area contributed by atoms with Crippen LogP contribution >= 0.6 is 11.3 Å². The third-order valence-electron chi connectivity index (χ3n) is 2.91. The van der Waals surface area contributed by atoms with Gasteiger partial charge in [-0.25, -0.2) is 4.98 Å². The standard InChI is InChI=1S/C12H20N2S/c1-3-6-11-14-10-8-5-7-9(13-4-2)12(10)15-11/h9,13H,3-8H2,1-2H3. The molecule has 3 heteroatoms. The van der Waals surface area contributed by atoms with Crippen LogP contribution < -0.4 is 5.32 Å². The Morgan fingerprint density at radius 3 is 3.07 bits per heavy atom. The molecule has 15 heavy (non-hydrogen) atoms. The maximum atomic E-state index is 4.75. The zero-order valence-electron chi connectivity index (χ0n) is 9.68. The van der Waals surface area contributed by atoms with Crippen LogP contribution in [0.15, 0.2) is 0 Å². The van der Waals surface area contributed by atoms with E-state index < -0.39 is 0 Å². The van der Waals surface area contributed by atoms with E-state index in [0.29, 0.717) is 6.04 Å². The smallest absolute Gasteiger partial charge is 0.0931 e. The SMILES string of the molecule is CCCc1nc2c(s1)C(NCC)CCC2. The highest BCUT2D eigenvalue weighted by Crippen LogP contribution is 2.34. The lowest BCUT2D eigenvalue weighted by Gasteiger charge is -2.21. The lowest BCUT2D eigenvalue weighted by Crippen LogP contribution is -2.23. The first-order chi connectivity index (χ1) is 7.35.